The van der Waals surface area contributed by atoms with Crippen LogP contribution in [0.5, 0.6) is 5.75 Å². The summed E-state index contributed by atoms with van der Waals surface area (Å²) in [5, 5.41) is 2.97. The minimum atomic E-state index is 0.110. The zero-order valence-electron chi connectivity index (χ0n) is 8.53. The van der Waals surface area contributed by atoms with Gasteiger partial charge in [-0.05, 0) is 17.7 Å². The zero-order valence-corrected chi connectivity index (χ0v) is 9.34. The van der Waals surface area contributed by atoms with E-state index in [1.165, 1.54) is 0 Å². The first-order valence-corrected chi connectivity index (χ1v) is 5.96. The molecule has 4 heteroatoms. The monoisotopic (exact) mass is 223 g/mol. The van der Waals surface area contributed by atoms with Crippen molar-refractivity contribution in [3.05, 3.63) is 29.8 Å². The number of ether oxygens (including phenoxy) is 1. The lowest BCUT2D eigenvalue weighted by Gasteiger charge is -2.23. The molecule has 1 aromatic carbocycles. The maximum Gasteiger partial charge on any atom is 0.230 e. The summed E-state index contributed by atoms with van der Waals surface area (Å²) in [6.07, 6.45) is 0. The van der Waals surface area contributed by atoms with E-state index >= 15 is 0 Å². The number of rotatable bonds is 2. The summed E-state index contributed by atoms with van der Waals surface area (Å²) >= 11 is 1.67. The second kappa shape index (κ2) is 4.57. The molecule has 1 N–H and O–H groups in total. The minimum absolute atomic E-state index is 0.110. The van der Waals surface area contributed by atoms with E-state index in [2.05, 4.69) is 5.32 Å². The molecular weight excluding hydrogens is 210 g/mol. The van der Waals surface area contributed by atoms with Gasteiger partial charge in [-0.25, -0.2) is 0 Å². The first kappa shape index (κ1) is 10.4. The highest BCUT2D eigenvalue weighted by molar-refractivity contribution is 8.00. The Bertz CT molecular complexity index is 367. The average Bonchev–Trinajstić information content (AvgIpc) is 2.29. The normalized spacial score (nSPS) is 20.9. The van der Waals surface area contributed by atoms with Gasteiger partial charge in [-0.2, -0.15) is 0 Å². The minimum Gasteiger partial charge on any atom is -0.497 e. The van der Waals surface area contributed by atoms with Gasteiger partial charge in [0.05, 0.1) is 18.9 Å². The number of carbonyl (C=O) groups excluding carboxylic acids is 1. The van der Waals surface area contributed by atoms with Crippen LogP contribution in [0.4, 0.5) is 0 Å². The number of amides is 1. The summed E-state index contributed by atoms with van der Waals surface area (Å²) in [5.74, 6) is 2.44. The third-order valence-corrected chi connectivity index (χ3v) is 3.38. The Morgan fingerprint density at radius 3 is 3.13 bits per heavy atom. The summed E-state index contributed by atoms with van der Waals surface area (Å²) in [6.45, 7) is 0. The molecule has 0 saturated carbocycles. The molecule has 1 aromatic rings. The zero-order chi connectivity index (χ0) is 10.7. The molecule has 0 bridgehead atoms. The van der Waals surface area contributed by atoms with Gasteiger partial charge in [0.25, 0.3) is 0 Å². The van der Waals surface area contributed by atoms with E-state index in [0.717, 1.165) is 17.1 Å². The molecule has 1 aliphatic rings. The number of thioether (sulfide) groups is 1. The summed E-state index contributed by atoms with van der Waals surface area (Å²) in [5.41, 5.74) is 1.11. The molecule has 1 fully saturated rings. The van der Waals surface area contributed by atoms with Crippen molar-refractivity contribution in [3.63, 3.8) is 0 Å². The highest BCUT2D eigenvalue weighted by Crippen LogP contribution is 2.24. The van der Waals surface area contributed by atoms with Crippen molar-refractivity contribution >= 4 is 17.7 Å². The average molecular weight is 223 g/mol. The van der Waals surface area contributed by atoms with Crippen LogP contribution in [0.2, 0.25) is 0 Å². The fourth-order valence-corrected chi connectivity index (χ4v) is 2.48. The van der Waals surface area contributed by atoms with Crippen molar-refractivity contribution in [2.45, 2.75) is 6.04 Å². The molecule has 2 rings (SSSR count). The largest absolute Gasteiger partial charge is 0.497 e. The van der Waals surface area contributed by atoms with Crippen LogP contribution in [0, 0.1) is 0 Å². The van der Waals surface area contributed by atoms with Crippen molar-refractivity contribution in [2.75, 3.05) is 18.6 Å². The number of hydrogen-bond acceptors (Lipinski definition) is 3. The van der Waals surface area contributed by atoms with Crippen LogP contribution < -0.4 is 10.1 Å². The fraction of sp³-hybridized carbons (Fsp3) is 0.364. The summed E-state index contributed by atoms with van der Waals surface area (Å²) < 4.78 is 5.15. The molecule has 15 heavy (non-hydrogen) atoms. The molecule has 0 aromatic heterocycles. The Morgan fingerprint density at radius 1 is 1.53 bits per heavy atom. The van der Waals surface area contributed by atoms with Gasteiger partial charge < -0.3 is 10.1 Å². The standard InChI is InChI=1S/C11H13NO2S/c1-14-9-4-2-3-8(5-9)10-6-15-7-11(13)12-10/h2-5,10H,6-7H2,1H3,(H,12,13). The van der Waals surface area contributed by atoms with E-state index in [0.29, 0.717) is 5.75 Å². The summed E-state index contributed by atoms with van der Waals surface area (Å²) in [6, 6.07) is 7.95. The molecule has 1 aliphatic heterocycles. The molecule has 0 aliphatic carbocycles. The molecule has 1 amide bonds. The van der Waals surface area contributed by atoms with Gasteiger partial charge >= 0.3 is 0 Å². The fourth-order valence-electron chi connectivity index (χ4n) is 1.58. The topological polar surface area (TPSA) is 38.3 Å². The first-order valence-electron chi connectivity index (χ1n) is 4.80. The van der Waals surface area contributed by atoms with E-state index < -0.39 is 0 Å². The summed E-state index contributed by atoms with van der Waals surface area (Å²) in [7, 11) is 1.65. The van der Waals surface area contributed by atoms with E-state index in [-0.39, 0.29) is 11.9 Å². The van der Waals surface area contributed by atoms with Crippen LogP contribution in [-0.2, 0) is 4.79 Å². The second-order valence-electron chi connectivity index (χ2n) is 3.41. The maximum atomic E-state index is 11.2. The van der Waals surface area contributed by atoms with Crippen molar-refractivity contribution in [2.24, 2.45) is 0 Å². The van der Waals surface area contributed by atoms with E-state index in [1.807, 2.05) is 24.3 Å². The van der Waals surface area contributed by atoms with Gasteiger partial charge in [-0.3, -0.25) is 4.79 Å². The SMILES string of the molecule is COc1cccc(C2CSCC(=O)N2)c1. The number of benzene rings is 1. The molecule has 1 unspecified atom stereocenters. The van der Waals surface area contributed by atoms with E-state index in [1.54, 1.807) is 18.9 Å². The lowest BCUT2D eigenvalue weighted by Crippen LogP contribution is -2.35. The Hall–Kier alpha value is -1.16. The van der Waals surface area contributed by atoms with Crippen molar-refractivity contribution in [1.82, 2.24) is 5.32 Å². The quantitative estimate of drug-likeness (QED) is 0.827. The molecule has 1 heterocycles. The molecule has 0 spiro atoms. The predicted octanol–water partition coefficient (Wildman–Crippen LogP) is 1.60. The van der Waals surface area contributed by atoms with Crippen molar-refractivity contribution < 1.29 is 9.53 Å². The maximum absolute atomic E-state index is 11.2. The lowest BCUT2D eigenvalue weighted by atomic mass is 10.1. The van der Waals surface area contributed by atoms with Crippen LogP contribution in [0.25, 0.3) is 0 Å². The Labute approximate surface area is 93.2 Å². The second-order valence-corrected chi connectivity index (χ2v) is 4.44. The van der Waals surface area contributed by atoms with Crippen LogP contribution >= 0.6 is 11.8 Å². The van der Waals surface area contributed by atoms with Gasteiger partial charge in [0.15, 0.2) is 0 Å². The van der Waals surface area contributed by atoms with Crippen LogP contribution in [-0.4, -0.2) is 24.5 Å². The van der Waals surface area contributed by atoms with E-state index in [9.17, 15) is 4.79 Å². The van der Waals surface area contributed by atoms with Crippen molar-refractivity contribution in [3.8, 4) is 5.75 Å². The van der Waals surface area contributed by atoms with Gasteiger partial charge in [-0.15, -0.1) is 11.8 Å². The summed E-state index contributed by atoms with van der Waals surface area (Å²) in [4.78, 5) is 11.2. The Morgan fingerprint density at radius 2 is 2.40 bits per heavy atom. The smallest absolute Gasteiger partial charge is 0.230 e. The molecule has 80 valence electrons. The Balaban J connectivity index is 2.17. The first-order chi connectivity index (χ1) is 7.29. The predicted molar refractivity (Wildman–Crippen MR) is 61.2 cm³/mol. The number of nitrogens with one attached hydrogen (secondary N) is 1. The van der Waals surface area contributed by atoms with Crippen molar-refractivity contribution in [1.29, 1.82) is 0 Å². The molecule has 1 saturated heterocycles. The van der Waals surface area contributed by atoms with Gasteiger partial charge in [0.2, 0.25) is 5.91 Å². The molecule has 0 radical (unpaired) electrons. The van der Waals surface area contributed by atoms with Crippen LogP contribution in [0.3, 0.4) is 0 Å². The highest BCUT2D eigenvalue weighted by atomic mass is 32.2. The molecular formula is C11H13NO2S. The van der Waals surface area contributed by atoms with Gasteiger partial charge in [-0.1, -0.05) is 12.1 Å². The van der Waals surface area contributed by atoms with Gasteiger partial charge in [0, 0.05) is 5.75 Å². The molecule has 3 nitrogen and oxygen atoms in total. The third kappa shape index (κ3) is 2.45. The number of methoxy groups -OCH3 is 1. The van der Waals surface area contributed by atoms with Crippen LogP contribution in [0.15, 0.2) is 24.3 Å². The number of carbonyl (C=O) groups is 1. The Kier molecular flexibility index (Phi) is 3.16. The molecule has 1 atom stereocenters. The van der Waals surface area contributed by atoms with Gasteiger partial charge in [0.1, 0.15) is 5.75 Å². The third-order valence-electron chi connectivity index (χ3n) is 2.35. The van der Waals surface area contributed by atoms with Crippen LogP contribution in [0.1, 0.15) is 11.6 Å². The number of hydrogen-bond donors (Lipinski definition) is 1. The van der Waals surface area contributed by atoms with E-state index in [4.69, 9.17) is 4.74 Å². The highest BCUT2D eigenvalue weighted by Gasteiger charge is 2.20. The lowest BCUT2D eigenvalue weighted by molar-refractivity contribution is -0.119.